The van der Waals surface area contributed by atoms with Crippen LogP contribution in [0.4, 0.5) is 15.8 Å². The Morgan fingerprint density at radius 3 is 2.33 bits per heavy atom. The number of amides is 3. The Kier molecular flexibility index (Phi) is 10.8. The third kappa shape index (κ3) is 7.71. The van der Waals surface area contributed by atoms with E-state index in [0.29, 0.717) is 0 Å². The van der Waals surface area contributed by atoms with Gasteiger partial charge in [0.05, 0.1) is 21.2 Å². The van der Waals surface area contributed by atoms with E-state index in [4.69, 9.17) is 16.0 Å². The molecule has 2 aliphatic rings. The van der Waals surface area contributed by atoms with Crippen LogP contribution in [-0.2, 0) is 24.4 Å². The fraction of sp³-hybridized carbons (Fsp3) is 0.467. The van der Waals surface area contributed by atoms with Crippen molar-refractivity contribution < 1.29 is 31.6 Å². The minimum atomic E-state index is -4.82. The molecule has 0 saturated carbocycles. The molecule has 11 nitrogen and oxygen atoms in total. The molecule has 2 fully saturated rings. The highest BCUT2D eigenvalue weighted by atomic mass is 79.9. The molecule has 16 heteroatoms. The number of benzene rings is 2. The van der Waals surface area contributed by atoms with E-state index in [-0.39, 0.29) is 71.3 Å². The topological polar surface area (TPSA) is 147 Å². The molecule has 2 saturated heterocycles. The zero-order chi connectivity index (χ0) is 34.0. The quantitative estimate of drug-likeness (QED) is 0.247. The average Bonchev–Trinajstić information content (AvgIpc) is 2.95. The van der Waals surface area contributed by atoms with E-state index in [2.05, 4.69) is 42.6 Å². The molecule has 0 aliphatic carbocycles. The highest BCUT2D eigenvalue weighted by molar-refractivity contribution is 9.10. The molecule has 248 valence electrons. The summed E-state index contributed by atoms with van der Waals surface area (Å²) in [5, 5.41) is 4.70. The fourth-order valence-electron chi connectivity index (χ4n) is 4.81. The summed E-state index contributed by atoms with van der Waals surface area (Å²) in [5.41, 5.74) is 0.205. The number of hydrogen-bond donors (Lipinski definition) is 2. The number of nitrogens with one attached hydrogen (secondary N) is 2. The van der Waals surface area contributed by atoms with Crippen LogP contribution in [0.15, 0.2) is 49.7 Å². The second kappa shape index (κ2) is 13.9. The minimum Gasteiger partial charge on any atom is -0.541 e. The predicted molar refractivity (Wildman–Crippen MR) is 178 cm³/mol. The van der Waals surface area contributed by atoms with E-state index >= 15 is 0 Å². The summed E-state index contributed by atoms with van der Waals surface area (Å²) >= 11 is 9.80. The number of sulfonamides is 1. The lowest BCUT2D eigenvalue weighted by atomic mass is 9.95. The Bertz CT molecular complexity index is 1730. The lowest BCUT2D eigenvalue weighted by Gasteiger charge is -2.39. The molecule has 0 aromatic heterocycles. The van der Waals surface area contributed by atoms with Crippen LogP contribution < -0.4 is 15.1 Å². The molecule has 2 heterocycles. The van der Waals surface area contributed by atoms with Gasteiger partial charge in [0.25, 0.3) is 18.3 Å². The van der Waals surface area contributed by atoms with Gasteiger partial charge in [0.2, 0.25) is 17.7 Å². The number of carbonyl (C=O) groups is 3. The van der Waals surface area contributed by atoms with E-state index in [9.17, 15) is 27.2 Å². The van der Waals surface area contributed by atoms with Crippen LogP contribution in [0.1, 0.15) is 46.5 Å². The molecule has 46 heavy (non-hydrogen) atoms. The normalized spacial score (nSPS) is 19.0. The third-order valence-electron chi connectivity index (χ3n) is 8.36. The van der Waals surface area contributed by atoms with Gasteiger partial charge in [0.1, 0.15) is 22.4 Å². The van der Waals surface area contributed by atoms with Crippen LogP contribution in [0.5, 0.6) is 5.75 Å². The zero-order valence-corrected chi connectivity index (χ0v) is 30.3. The van der Waals surface area contributed by atoms with E-state index in [1.54, 1.807) is 0 Å². The van der Waals surface area contributed by atoms with Crippen molar-refractivity contribution in [2.75, 3.05) is 13.1 Å². The van der Waals surface area contributed by atoms with Crippen LogP contribution in [0.2, 0.25) is 23.2 Å². The number of carbonyl (C=O) groups excluding carboxylic acids is 3. The van der Waals surface area contributed by atoms with E-state index in [0.717, 1.165) is 4.31 Å². The second-order valence-corrected chi connectivity index (χ2v) is 20.3. The molecule has 0 bridgehead atoms. The number of hydrogen-bond acceptors (Lipinski definition) is 8. The Balaban J connectivity index is 1.94. The summed E-state index contributed by atoms with van der Waals surface area (Å²) < 4.78 is 51.1. The zero-order valence-electron chi connectivity index (χ0n) is 26.1. The van der Waals surface area contributed by atoms with E-state index in [1.807, 2.05) is 33.9 Å². The second-order valence-electron chi connectivity index (χ2n) is 12.7. The summed E-state index contributed by atoms with van der Waals surface area (Å²) in [6.45, 7) is 10.1. The lowest BCUT2D eigenvalue weighted by molar-refractivity contribution is -0.138. The number of piperidine rings is 2. The van der Waals surface area contributed by atoms with Gasteiger partial charge in [-0.2, -0.15) is 9.98 Å². The van der Waals surface area contributed by atoms with Gasteiger partial charge in [-0.05, 0) is 71.2 Å². The van der Waals surface area contributed by atoms with Crippen molar-refractivity contribution in [3.63, 3.8) is 0 Å². The van der Waals surface area contributed by atoms with Gasteiger partial charge in [-0.25, -0.2) is 17.1 Å². The summed E-state index contributed by atoms with van der Waals surface area (Å²) in [4.78, 5) is 46.6. The van der Waals surface area contributed by atoms with Crippen molar-refractivity contribution in [1.29, 1.82) is 0 Å². The largest absolute Gasteiger partial charge is 0.541 e. The van der Waals surface area contributed by atoms with Crippen LogP contribution >= 0.6 is 27.5 Å². The molecular formula is C30H36BrClFN5O6SSi. The maximum atomic E-state index is 14.8. The van der Waals surface area contributed by atoms with Crippen molar-refractivity contribution in [3.05, 3.63) is 45.6 Å². The number of aliphatic imine (C=N–C) groups is 2. The number of rotatable bonds is 8. The van der Waals surface area contributed by atoms with Crippen molar-refractivity contribution in [2.45, 2.75) is 75.5 Å². The Morgan fingerprint density at radius 2 is 1.70 bits per heavy atom. The van der Waals surface area contributed by atoms with E-state index in [1.165, 1.54) is 30.3 Å². The van der Waals surface area contributed by atoms with Crippen molar-refractivity contribution in [3.8, 4) is 5.75 Å². The standard InChI is InChI=1S/C30H36BrClFN5O6SSi/c1-30(2,3)46(4,5)44-27-23(37-17-36-22-8-6-7-21(33)26(22)31)10-9-20(32)28(27)45(42,43)38(19-12-14-35-25(40)16-19)29(41)18-11-13-34-24(39)15-18/h6-10,18-19H,11-16H2,1-5H3,(H,34,39)(H,35,40). The number of halogens is 3. The molecule has 4 rings (SSSR count). The van der Waals surface area contributed by atoms with Gasteiger partial charge in [0.15, 0.2) is 5.75 Å². The molecule has 0 spiro atoms. The smallest absolute Gasteiger partial charge is 0.271 e. The molecular weight excluding hydrogens is 721 g/mol. The predicted octanol–water partition coefficient (Wildman–Crippen LogP) is 6.08. The van der Waals surface area contributed by atoms with Gasteiger partial charge in [0, 0.05) is 31.8 Å². The maximum absolute atomic E-state index is 14.8. The van der Waals surface area contributed by atoms with Crippen molar-refractivity contribution in [1.82, 2.24) is 14.9 Å². The first-order valence-electron chi connectivity index (χ1n) is 14.7. The van der Waals surface area contributed by atoms with Gasteiger partial charge < -0.3 is 15.1 Å². The highest BCUT2D eigenvalue weighted by Gasteiger charge is 2.46. The van der Waals surface area contributed by atoms with Crippen molar-refractivity contribution >= 4 is 81.0 Å². The van der Waals surface area contributed by atoms with Gasteiger partial charge in [-0.15, -0.1) is 0 Å². The molecule has 2 unspecified atom stereocenters. The molecule has 2 N–H and O–H groups in total. The third-order valence-corrected chi connectivity index (χ3v) is 15.8. The van der Waals surface area contributed by atoms with Crippen LogP contribution in [0.3, 0.4) is 0 Å². The monoisotopic (exact) mass is 755 g/mol. The van der Waals surface area contributed by atoms with E-state index < -0.39 is 57.9 Å². The minimum absolute atomic E-state index is 0.00917. The molecule has 2 aliphatic heterocycles. The maximum Gasteiger partial charge on any atom is 0.271 e. The first kappa shape index (κ1) is 35.7. The lowest BCUT2D eigenvalue weighted by Crippen LogP contribution is -2.54. The van der Waals surface area contributed by atoms with Gasteiger partial charge in [-0.3, -0.25) is 14.4 Å². The van der Waals surface area contributed by atoms with Crippen molar-refractivity contribution in [2.24, 2.45) is 15.9 Å². The fourth-order valence-corrected chi connectivity index (χ4v) is 8.55. The van der Waals surface area contributed by atoms with Gasteiger partial charge in [-0.1, -0.05) is 38.4 Å². The molecule has 3 amide bonds. The first-order chi connectivity index (χ1) is 21.4. The van der Waals surface area contributed by atoms with Gasteiger partial charge >= 0.3 is 0 Å². The van der Waals surface area contributed by atoms with Crippen LogP contribution in [-0.4, -0.2) is 63.9 Å². The summed E-state index contributed by atoms with van der Waals surface area (Å²) in [5.74, 6) is -3.23. The van der Waals surface area contributed by atoms with Crippen LogP contribution in [0, 0.1) is 11.7 Å². The Hall–Kier alpha value is -3.10. The Morgan fingerprint density at radius 1 is 1.07 bits per heavy atom. The summed E-state index contributed by atoms with van der Waals surface area (Å²) in [6.07, 6.45) is -0.0557. The Labute approximate surface area is 282 Å². The molecule has 2 atom stereocenters. The molecule has 2 aromatic rings. The SMILES string of the molecule is CC(C)(C)[Si](C)(C)Oc1c(N=C=Nc2cccc(F)c2Br)ccc(Cl)c1S(=O)(=O)N(C(=O)C1CCNC(=O)C1)C1CCNC(=O)C1. The highest BCUT2D eigenvalue weighted by Crippen LogP contribution is 2.46. The summed E-state index contributed by atoms with van der Waals surface area (Å²) in [6, 6.07) is 8.49. The average molecular weight is 757 g/mol. The molecule has 2 aromatic carbocycles. The summed E-state index contributed by atoms with van der Waals surface area (Å²) in [7, 11) is -7.62. The number of nitrogens with zero attached hydrogens (tertiary/aromatic N) is 3. The first-order valence-corrected chi connectivity index (χ1v) is 20.2. The van der Waals surface area contributed by atoms with Crippen LogP contribution in [0.25, 0.3) is 0 Å². The molecule has 0 radical (unpaired) electrons.